The molecule has 0 saturated heterocycles. The van der Waals surface area contributed by atoms with Crippen molar-refractivity contribution in [2.75, 3.05) is 13.2 Å². The molecule has 114 valence electrons. The largest absolute Gasteiger partial charge is 0.481 e. The molecule has 1 aromatic rings. The minimum absolute atomic E-state index is 0. The fraction of sp³-hybridized carbons (Fsp3) is 0.444. The third-order valence-electron chi connectivity index (χ3n) is 3.58. The van der Waals surface area contributed by atoms with Crippen LogP contribution >= 0.6 is 12.4 Å². The minimum Gasteiger partial charge on any atom is -0.481 e. The van der Waals surface area contributed by atoms with Crippen LogP contribution in [0.2, 0.25) is 0 Å². The van der Waals surface area contributed by atoms with Gasteiger partial charge in [0.15, 0.2) is 0 Å². The van der Waals surface area contributed by atoms with E-state index >= 15 is 0 Å². The van der Waals surface area contributed by atoms with Crippen molar-refractivity contribution in [3.8, 4) is 18.1 Å². The van der Waals surface area contributed by atoms with Crippen LogP contribution in [0.4, 0.5) is 0 Å². The van der Waals surface area contributed by atoms with Gasteiger partial charge in [-0.05, 0) is 56.3 Å². The molecule has 2 rings (SSSR count). The van der Waals surface area contributed by atoms with Gasteiger partial charge in [0.25, 0.3) is 0 Å². The number of halogens is 1. The highest BCUT2D eigenvalue weighted by atomic mass is 35.5. The third-order valence-corrected chi connectivity index (χ3v) is 3.58. The van der Waals surface area contributed by atoms with Crippen LogP contribution in [0.15, 0.2) is 35.9 Å². The molecule has 0 bridgehead atoms. The highest BCUT2D eigenvalue weighted by Gasteiger charge is 2.02. The van der Waals surface area contributed by atoms with Gasteiger partial charge in [-0.15, -0.1) is 18.8 Å². The Hall–Kier alpha value is -1.43. The van der Waals surface area contributed by atoms with Crippen LogP contribution in [-0.4, -0.2) is 13.2 Å². The van der Waals surface area contributed by atoms with E-state index in [-0.39, 0.29) is 12.4 Å². The second-order valence-electron chi connectivity index (χ2n) is 5.17. The van der Waals surface area contributed by atoms with Gasteiger partial charge in [0.1, 0.15) is 12.4 Å². The highest BCUT2D eigenvalue weighted by Crippen LogP contribution is 2.19. The molecular weight excluding hydrogens is 282 g/mol. The Kier molecular flexibility index (Phi) is 8.66. The molecule has 0 heterocycles. The zero-order chi connectivity index (χ0) is 14.0. The van der Waals surface area contributed by atoms with Crippen molar-refractivity contribution in [2.24, 2.45) is 0 Å². The van der Waals surface area contributed by atoms with Crippen LogP contribution in [0, 0.1) is 12.3 Å². The first-order chi connectivity index (χ1) is 9.88. The molecule has 0 radical (unpaired) electrons. The fourth-order valence-corrected chi connectivity index (χ4v) is 2.44. The smallest absolute Gasteiger partial charge is 0.148 e. The van der Waals surface area contributed by atoms with E-state index in [4.69, 9.17) is 11.2 Å². The molecule has 1 aromatic carbocycles. The summed E-state index contributed by atoms with van der Waals surface area (Å²) in [6.45, 7) is 2.29. The normalized spacial score (nSPS) is 13.8. The predicted molar refractivity (Wildman–Crippen MR) is 90.9 cm³/mol. The third kappa shape index (κ3) is 6.71. The molecule has 0 amide bonds. The fourth-order valence-electron chi connectivity index (χ4n) is 2.44. The van der Waals surface area contributed by atoms with Crippen molar-refractivity contribution in [1.82, 2.24) is 5.32 Å². The maximum atomic E-state index is 5.35. The standard InChI is InChI=1S/C18H23NO.ClH/c1-2-14-20-18-10-8-17(9-11-18)15-19-13-12-16-6-4-3-5-7-16;/h1,6,8-11,19H,3-5,7,12-15H2;1H. The van der Waals surface area contributed by atoms with Gasteiger partial charge in [0.05, 0.1) is 0 Å². The summed E-state index contributed by atoms with van der Waals surface area (Å²) in [6, 6.07) is 8.10. The summed E-state index contributed by atoms with van der Waals surface area (Å²) in [5.74, 6) is 3.30. The monoisotopic (exact) mass is 305 g/mol. The predicted octanol–water partition coefficient (Wildman–Crippen LogP) is 4.10. The maximum absolute atomic E-state index is 5.35. The Balaban J connectivity index is 0.00000220. The molecule has 3 heteroatoms. The van der Waals surface area contributed by atoms with Crippen LogP contribution in [0.1, 0.15) is 37.7 Å². The molecule has 2 nitrogen and oxygen atoms in total. The van der Waals surface area contributed by atoms with Crippen LogP contribution in [0.3, 0.4) is 0 Å². The highest BCUT2D eigenvalue weighted by molar-refractivity contribution is 5.85. The van der Waals surface area contributed by atoms with Crippen LogP contribution in [0.5, 0.6) is 5.75 Å². The first-order valence-electron chi connectivity index (χ1n) is 7.42. The minimum atomic E-state index is 0. The summed E-state index contributed by atoms with van der Waals surface area (Å²) < 4.78 is 5.35. The van der Waals surface area contributed by atoms with E-state index in [1.807, 2.05) is 12.1 Å². The molecule has 1 aliphatic carbocycles. The number of terminal acetylenes is 1. The second-order valence-corrected chi connectivity index (χ2v) is 5.17. The summed E-state index contributed by atoms with van der Waals surface area (Å²) in [4.78, 5) is 0. The topological polar surface area (TPSA) is 21.3 Å². The van der Waals surface area contributed by atoms with E-state index in [9.17, 15) is 0 Å². The van der Waals surface area contributed by atoms with Gasteiger partial charge in [-0.2, -0.15) is 0 Å². The molecule has 21 heavy (non-hydrogen) atoms. The van der Waals surface area contributed by atoms with Crippen LogP contribution in [-0.2, 0) is 6.54 Å². The zero-order valence-electron chi connectivity index (χ0n) is 12.4. The lowest BCUT2D eigenvalue weighted by atomic mass is 9.97. The molecule has 1 N–H and O–H groups in total. The average molecular weight is 306 g/mol. The van der Waals surface area contributed by atoms with E-state index < -0.39 is 0 Å². The lowest BCUT2D eigenvalue weighted by Crippen LogP contribution is -2.15. The first-order valence-corrected chi connectivity index (χ1v) is 7.42. The lowest BCUT2D eigenvalue weighted by molar-refractivity contribution is 0.370. The summed E-state index contributed by atoms with van der Waals surface area (Å²) in [6.07, 6.45) is 14.1. The second kappa shape index (κ2) is 10.3. The molecule has 0 atom stereocenters. The Morgan fingerprint density at radius 1 is 1.19 bits per heavy atom. The Labute approximate surface area is 134 Å². The maximum Gasteiger partial charge on any atom is 0.148 e. The average Bonchev–Trinajstić information content (AvgIpc) is 2.52. The molecule has 0 fully saturated rings. The first kappa shape index (κ1) is 17.6. The van der Waals surface area contributed by atoms with Crippen molar-refractivity contribution in [3.63, 3.8) is 0 Å². The Morgan fingerprint density at radius 3 is 2.67 bits per heavy atom. The van der Waals surface area contributed by atoms with Crippen molar-refractivity contribution in [1.29, 1.82) is 0 Å². The summed E-state index contributed by atoms with van der Waals surface area (Å²) >= 11 is 0. The molecule has 0 aromatic heterocycles. The summed E-state index contributed by atoms with van der Waals surface area (Å²) in [5, 5.41) is 3.50. The molecule has 1 aliphatic rings. The zero-order valence-corrected chi connectivity index (χ0v) is 13.3. The SMILES string of the molecule is C#CCOc1ccc(CNCCC2=CCCCC2)cc1.Cl. The van der Waals surface area contributed by atoms with Crippen molar-refractivity contribution in [2.45, 2.75) is 38.6 Å². The lowest BCUT2D eigenvalue weighted by Gasteiger charge is -2.13. The van der Waals surface area contributed by atoms with Crippen molar-refractivity contribution in [3.05, 3.63) is 41.5 Å². The van der Waals surface area contributed by atoms with E-state index in [0.717, 1.165) is 18.8 Å². The van der Waals surface area contributed by atoms with Crippen molar-refractivity contribution < 1.29 is 4.74 Å². The molecule has 0 aliphatic heterocycles. The number of hydrogen-bond acceptors (Lipinski definition) is 2. The summed E-state index contributed by atoms with van der Waals surface area (Å²) in [7, 11) is 0. The number of ether oxygens (including phenoxy) is 1. The van der Waals surface area contributed by atoms with E-state index in [1.54, 1.807) is 5.57 Å². The quantitative estimate of drug-likeness (QED) is 0.465. The molecule has 0 saturated carbocycles. The van der Waals surface area contributed by atoms with E-state index in [2.05, 4.69) is 29.4 Å². The van der Waals surface area contributed by atoms with Gasteiger partial charge in [0, 0.05) is 6.54 Å². The summed E-state index contributed by atoms with van der Waals surface area (Å²) in [5.41, 5.74) is 2.90. The number of hydrogen-bond donors (Lipinski definition) is 1. The van der Waals surface area contributed by atoms with Crippen molar-refractivity contribution >= 4 is 12.4 Å². The van der Waals surface area contributed by atoms with Gasteiger partial charge in [0.2, 0.25) is 0 Å². The number of allylic oxidation sites excluding steroid dienone is 1. The number of benzene rings is 1. The van der Waals surface area contributed by atoms with Crippen LogP contribution in [0.25, 0.3) is 0 Å². The Morgan fingerprint density at radius 2 is 2.00 bits per heavy atom. The van der Waals surface area contributed by atoms with Gasteiger partial charge < -0.3 is 10.1 Å². The van der Waals surface area contributed by atoms with Gasteiger partial charge >= 0.3 is 0 Å². The number of rotatable bonds is 7. The van der Waals surface area contributed by atoms with E-state index in [0.29, 0.717) is 6.61 Å². The number of nitrogens with one attached hydrogen (secondary N) is 1. The van der Waals surface area contributed by atoms with E-state index in [1.165, 1.54) is 37.7 Å². The molecule has 0 unspecified atom stereocenters. The van der Waals surface area contributed by atoms with Gasteiger partial charge in [-0.25, -0.2) is 0 Å². The van der Waals surface area contributed by atoms with Gasteiger partial charge in [-0.1, -0.05) is 29.7 Å². The molecule has 0 spiro atoms. The van der Waals surface area contributed by atoms with Crippen LogP contribution < -0.4 is 10.1 Å². The molecular formula is C18H24ClNO. The van der Waals surface area contributed by atoms with Gasteiger partial charge in [-0.3, -0.25) is 0 Å². The Bertz CT molecular complexity index is 473.